The Hall–Kier alpha value is -3.94. The first-order valence-electron chi connectivity index (χ1n) is 17.9. The van der Waals surface area contributed by atoms with Gasteiger partial charge in [0, 0.05) is 60.3 Å². The van der Waals surface area contributed by atoms with Crippen LogP contribution in [0, 0.1) is 11.8 Å². The van der Waals surface area contributed by atoms with Crippen LogP contribution in [-0.2, 0) is 16.0 Å². The molecule has 48 heavy (non-hydrogen) atoms. The van der Waals surface area contributed by atoms with Gasteiger partial charge in [-0.3, -0.25) is 4.79 Å². The fraction of sp³-hybridized carbons (Fsp3) is 0.550. The Morgan fingerprint density at radius 3 is 2.44 bits per heavy atom. The van der Waals surface area contributed by atoms with Crippen LogP contribution >= 0.6 is 0 Å². The van der Waals surface area contributed by atoms with E-state index < -0.39 is 11.2 Å². The fourth-order valence-electron chi connectivity index (χ4n) is 6.88. The molecule has 5 rings (SSSR count). The van der Waals surface area contributed by atoms with E-state index in [1.54, 1.807) is 0 Å². The van der Waals surface area contributed by atoms with Crippen LogP contribution in [0.25, 0.3) is 0 Å². The number of carbonyl (C=O) groups excluding carboxylic acids is 2. The SMILES string of the molecule is C=C(Nc1ccccc1CC)[C@H]1C[C@@H](C(=C)N(c2ccc3c(c2)N(CCCCC)C(=O)C(C)(C)O3)C2CC2)CN(C(=O)OC(C)(C)C)C1. The summed E-state index contributed by atoms with van der Waals surface area (Å²) in [6.45, 7) is 24.6. The number of unbranched alkanes of at least 4 members (excludes halogenated alkanes) is 2. The highest BCUT2D eigenvalue weighted by molar-refractivity contribution is 6.02. The number of ether oxygens (including phenoxy) is 2. The van der Waals surface area contributed by atoms with Gasteiger partial charge in [0.05, 0.1) is 5.69 Å². The molecule has 3 aliphatic rings. The van der Waals surface area contributed by atoms with Gasteiger partial charge >= 0.3 is 6.09 Å². The van der Waals surface area contributed by atoms with E-state index in [4.69, 9.17) is 16.1 Å². The van der Waals surface area contributed by atoms with Crippen molar-refractivity contribution in [2.75, 3.05) is 34.8 Å². The third kappa shape index (κ3) is 8.01. The van der Waals surface area contributed by atoms with E-state index in [1.165, 1.54) is 5.56 Å². The zero-order chi connectivity index (χ0) is 34.8. The van der Waals surface area contributed by atoms with Gasteiger partial charge in [-0.05, 0) is 96.6 Å². The van der Waals surface area contributed by atoms with Crippen molar-refractivity contribution in [3.63, 3.8) is 0 Å². The zero-order valence-corrected chi connectivity index (χ0v) is 30.2. The molecule has 2 aliphatic heterocycles. The zero-order valence-electron chi connectivity index (χ0n) is 30.2. The number of piperidine rings is 1. The quantitative estimate of drug-likeness (QED) is 0.230. The number of nitrogens with zero attached hydrogens (tertiary/aromatic N) is 3. The van der Waals surface area contributed by atoms with Crippen molar-refractivity contribution < 1.29 is 19.1 Å². The minimum absolute atomic E-state index is 0.00942. The van der Waals surface area contributed by atoms with Crippen molar-refractivity contribution in [3.8, 4) is 5.75 Å². The summed E-state index contributed by atoms with van der Waals surface area (Å²) in [5.74, 6) is 0.679. The van der Waals surface area contributed by atoms with Crippen LogP contribution in [0.1, 0.15) is 92.6 Å². The van der Waals surface area contributed by atoms with Crippen molar-refractivity contribution >= 4 is 29.1 Å². The Balaban J connectivity index is 1.44. The van der Waals surface area contributed by atoms with Crippen molar-refractivity contribution in [2.24, 2.45) is 11.8 Å². The van der Waals surface area contributed by atoms with Crippen molar-refractivity contribution in [1.82, 2.24) is 4.90 Å². The van der Waals surface area contributed by atoms with E-state index in [0.29, 0.717) is 25.7 Å². The molecule has 1 aliphatic carbocycles. The summed E-state index contributed by atoms with van der Waals surface area (Å²) in [7, 11) is 0. The number of fused-ring (bicyclic) bond motifs is 1. The van der Waals surface area contributed by atoms with Gasteiger partial charge in [0.25, 0.3) is 5.91 Å². The summed E-state index contributed by atoms with van der Waals surface area (Å²) >= 11 is 0. The molecular weight excluding hydrogens is 600 g/mol. The molecule has 260 valence electrons. The van der Waals surface area contributed by atoms with Gasteiger partial charge in [-0.15, -0.1) is 0 Å². The van der Waals surface area contributed by atoms with Crippen LogP contribution in [0.4, 0.5) is 21.9 Å². The Morgan fingerprint density at radius 2 is 1.77 bits per heavy atom. The number of nitrogens with one attached hydrogen (secondary N) is 1. The third-order valence-electron chi connectivity index (χ3n) is 9.60. The number of aryl methyl sites for hydroxylation is 1. The number of carbonyl (C=O) groups is 2. The number of amides is 2. The van der Waals surface area contributed by atoms with E-state index in [1.807, 2.05) is 56.6 Å². The van der Waals surface area contributed by atoms with Gasteiger partial charge in [-0.2, -0.15) is 0 Å². The molecule has 2 atom stereocenters. The second kappa shape index (κ2) is 14.3. The summed E-state index contributed by atoms with van der Waals surface area (Å²) in [5, 5.41) is 3.60. The minimum atomic E-state index is -0.920. The Bertz CT molecular complexity index is 1520. The summed E-state index contributed by atoms with van der Waals surface area (Å²) in [5.41, 5.74) is 4.41. The fourth-order valence-corrected chi connectivity index (χ4v) is 6.88. The minimum Gasteiger partial charge on any atom is -0.476 e. The molecular formula is C40H56N4O4. The standard InChI is InChI=1S/C40H56N4O4/c1-10-12-15-22-43-35-24-33(20-21-36(35)47-40(8,9)37(43)45)44(32-18-19-32)28(4)31-23-30(25-42(26-31)38(46)48-39(5,6)7)27(3)41-34-17-14-13-16-29(34)11-2/h13-14,16-17,20-21,24,30-32,41H,3-4,10-12,15,18-19,22-23,25-26H2,1-2,5-9H3/t30-,31+/m0/s1. The van der Waals surface area contributed by atoms with Gasteiger partial charge in [-0.25, -0.2) is 4.79 Å². The van der Waals surface area contributed by atoms with E-state index >= 15 is 0 Å². The number of anilines is 3. The van der Waals surface area contributed by atoms with E-state index in [9.17, 15) is 9.59 Å². The summed E-state index contributed by atoms with van der Waals surface area (Å²) in [6, 6.07) is 14.8. The molecule has 8 nitrogen and oxygen atoms in total. The van der Waals surface area contributed by atoms with Crippen molar-refractivity contribution in [1.29, 1.82) is 0 Å². The highest BCUT2D eigenvalue weighted by Gasteiger charge is 2.43. The molecule has 2 amide bonds. The Morgan fingerprint density at radius 1 is 1.06 bits per heavy atom. The smallest absolute Gasteiger partial charge is 0.410 e. The summed E-state index contributed by atoms with van der Waals surface area (Å²) in [4.78, 5) is 33.2. The molecule has 1 N–H and O–H groups in total. The van der Waals surface area contributed by atoms with Crippen molar-refractivity contribution in [2.45, 2.75) is 111 Å². The monoisotopic (exact) mass is 656 g/mol. The van der Waals surface area contributed by atoms with Crippen LogP contribution in [0.3, 0.4) is 0 Å². The number of benzene rings is 2. The number of likely N-dealkylation sites (tertiary alicyclic amines) is 1. The maximum atomic E-state index is 13.6. The molecule has 0 aromatic heterocycles. The predicted octanol–water partition coefficient (Wildman–Crippen LogP) is 8.92. The van der Waals surface area contributed by atoms with E-state index in [2.05, 4.69) is 61.0 Å². The molecule has 1 saturated heterocycles. The van der Waals surface area contributed by atoms with E-state index in [-0.39, 0.29) is 23.8 Å². The number of hydrogen-bond donors (Lipinski definition) is 1. The van der Waals surface area contributed by atoms with Crippen LogP contribution in [-0.4, -0.2) is 53.8 Å². The maximum Gasteiger partial charge on any atom is 0.410 e. The van der Waals surface area contributed by atoms with Crippen LogP contribution in [0.15, 0.2) is 67.0 Å². The van der Waals surface area contributed by atoms with Gasteiger partial charge in [-0.1, -0.05) is 58.0 Å². The largest absolute Gasteiger partial charge is 0.476 e. The number of hydrogen-bond acceptors (Lipinski definition) is 6. The highest BCUT2D eigenvalue weighted by atomic mass is 16.6. The first-order valence-corrected chi connectivity index (χ1v) is 17.9. The second-order valence-corrected chi connectivity index (χ2v) is 15.2. The number of para-hydroxylation sites is 1. The predicted molar refractivity (Wildman–Crippen MR) is 196 cm³/mol. The second-order valence-electron chi connectivity index (χ2n) is 15.2. The lowest BCUT2D eigenvalue weighted by Gasteiger charge is -2.43. The molecule has 1 saturated carbocycles. The van der Waals surface area contributed by atoms with Gasteiger partial charge < -0.3 is 29.5 Å². The first kappa shape index (κ1) is 35.4. The maximum absolute atomic E-state index is 13.6. The highest BCUT2D eigenvalue weighted by Crippen LogP contribution is 2.45. The van der Waals surface area contributed by atoms with Crippen LogP contribution < -0.4 is 19.9 Å². The normalized spacial score (nSPS) is 20.4. The lowest BCUT2D eigenvalue weighted by atomic mass is 9.85. The molecule has 0 spiro atoms. The molecule has 2 heterocycles. The first-order chi connectivity index (χ1) is 22.7. The van der Waals surface area contributed by atoms with Gasteiger partial charge in [0.1, 0.15) is 11.4 Å². The lowest BCUT2D eigenvalue weighted by molar-refractivity contribution is -0.132. The molecule has 0 radical (unpaired) electrons. The van der Waals surface area contributed by atoms with Crippen LogP contribution in [0.2, 0.25) is 0 Å². The topological polar surface area (TPSA) is 74.4 Å². The third-order valence-corrected chi connectivity index (χ3v) is 9.60. The Kier molecular flexibility index (Phi) is 10.5. The molecule has 2 aromatic rings. The molecule has 2 aromatic carbocycles. The van der Waals surface area contributed by atoms with E-state index in [0.717, 1.165) is 79.2 Å². The lowest BCUT2D eigenvalue weighted by Crippen LogP contribution is -2.52. The van der Waals surface area contributed by atoms with Gasteiger partial charge in [0.15, 0.2) is 5.60 Å². The van der Waals surface area contributed by atoms with Crippen LogP contribution in [0.5, 0.6) is 5.75 Å². The summed E-state index contributed by atoms with van der Waals surface area (Å²) in [6.07, 6.45) is 6.59. The van der Waals surface area contributed by atoms with Crippen molar-refractivity contribution in [3.05, 3.63) is 72.6 Å². The average Bonchev–Trinajstić information content (AvgIpc) is 3.87. The van der Waals surface area contributed by atoms with Gasteiger partial charge in [0.2, 0.25) is 0 Å². The molecule has 0 unspecified atom stereocenters. The molecule has 8 heteroatoms. The Labute approximate surface area is 288 Å². The molecule has 2 fully saturated rings. The number of rotatable bonds is 12. The molecule has 0 bridgehead atoms. The average molecular weight is 657 g/mol. The summed E-state index contributed by atoms with van der Waals surface area (Å²) < 4.78 is 12.1.